The molecule has 1 unspecified atom stereocenters. The zero-order valence-corrected chi connectivity index (χ0v) is 22.3. The Labute approximate surface area is 208 Å². The molecule has 2 aliphatic rings. The van der Waals surface area contributed by atoms with Crippen LogP contribution in [0.1, 0.15) is 41.5 Å². The summed E-state index contributed by atoms with van der Waals surface area (Å²) in [5.74, 6) is -1.31. The minimum absolute atomic E-state index is 0.276. The Morgan fingerprint density at radius 3 is 1.97 bits per heavy atom. The fourth-order valence-electron chi connectivity index (χ4n) is 5.19. The van der Waals surface area contributed by atoms with Crippen LogP contribution in [0.25, 0.3) is 0 Å². The highest BCUT2D eigenvalue weighted by atomic mass is 28.4. The average Bonchev–Trinajstić information content (AvgIpc) is 3.30. The zero-order chi connectivity index (χ0) is 25.4. The molecule has 190 valence electrons. The largest absolute Gasteiger partial charge is 0.454 e. The molecule has 0 amide bonds. The topological polar surface area (TPSA) is 83.5 Å². The lowest BCUT2D eigenvalue weighted by Gasteiger charge is -2.46. The molecule has 35 heavy (non-hydrogen) atoms. The van der Waals surface area contributed by atoms with E-state index in [-0.39, 0.29) is 11.6 Å². The first-order valence-corrected chi connectivity index (χ1v) is 14.0. The summed E-state index contributed by atoms with van der Waals surface area (Å²) in [4.78, 5) is 12.0. The van der Waals surface area contributed by atoms with Gasteiger partial charge in [0.1, 0.15) is 18.3 Å². The van der Waals surface area contributed by atoms with Crippen molar-refractivity contribution in [2.75, 3.05) is 6.61 Å². The lowest BCUT2D eigenvalue weighted by Crippen LogP contribution is -2.69. The molecule has 0 spiro atoms. The van der Waals surface area contributed by atoms with Gasteiger partial charge < -0.3 is 28.5 Å². The lowest BCUT2D eigenvalue weighted by molar-refractivity contribution is -0.182. The number of hydrogen-bond acceptors (Lipinski definition) is 7. The molecule has 0 bridgehead atoms. The van der Waals surface area contributed by atoms with E-state index in [1.807, 2.05) is 50.2 Å². The summed E-state index contributed by atoms with van der Waals surface area (Å²) in [6.45, 7) is 11.8. The first-order chi connectivity index (χ1) is 16.4. The van der Waals surface area contributed by atoms with Gasteiger partial charge >= 0.3 is 5.97 Å². The molecule has 2 fully saturated rings. The number of hydrogen-bond donors (Lipinski definition) is 1. The molecule has 7 nitrogen and oxygen atoms in total. The maximum Gasteiger partial charge on any atom is 0.303 e. The van der Waals surface area contributed by atoms with Gasteiger partial charge in [0.25, 0.3) is 8.32 Å². The second-order valence-corrected chi connectivity index (χ2v) is 14.9. The van der Waals surface area contributed by atoms with Gasteiger partial charge in [-0.15, -0.1) is 0 Å². The standard InChI is InChI=1S/C27H36O7Si/c1-18(28)31-24-23(22(32-25(24)29)21-17-30-27(5,6)33-21)34-35(26(2,3)4,19-13-9-7-10-14-19)20-15-11-8-12-16-20/h7-16,21-25,29H,17H2,1-6H3/t21-,22+,23+,24+,25?/m1/s1. The fourth-order valence-corrected chi connectivity index (χ4v) is 9.88. The molecule has 2 aromatic rings. The van der Waals surface area contributed by atoms with Crippen LogP contribution in [-0.4, -0.2) is 62.5 Å². The van der Waals surface area contributed by atoms with E-state index in [0.29, 0.717) is 0 Å². The molecule has 0 radical (unpaired) electrons. The van der Waals surface area contributed by atoms with Gasteiger partial charge in [-0.2, -0.15) is 0 Å². The molecule has 2 saturated heterocycles. The smallest absolute Gasteiger partial charge is 0.303 e. The van der Waals surface area contributed by atoms with E-state index in [9.17, 15) is 9.90 Å². The molecule has 5 atom stereocenters. The highest BCUT2D eigenvalue weighted by Crippen LogP contribution is 2.42. The van der Waals surface area contributed by atoms with Crippen molar-refractivity contribution in [3.05, 3.63) is 60.7 Å². The molecule has 2 aliphatic heterocycles. The van der Waals surface area contributed by atoms with Crippen molar-refractivity contribution in [3.63, 3.8) is 0 Å². The second-order valence-electron chi connectivity index (χ2n) is 10.7. The number of ether oxygens (including phenoxy) is 4. The number of aliphatic hydroxyl groups is 1. The minimum atomic E-state index is -3.04. The van der Waals surface area contributed by atoms with Gasteiger partial charge in [-0.3, -0.25) is 4.79 Å². The van der Waals surface area contributed by atoms with Gasteiger partial charge in [-0.05, 0) is 29.3 Å². The highest BCUT2D eigenvalue weighted by Gasteiger charge is 2.59. The molecule has 2 heterocycles. The maximum atomic E-state index is 12.0. The number of aliphatic hydroxyl groups excluding tert-OH is 1. The van der Waals surface area contributed by atoms with E-state index in [1.54, 1.807) is 0 Å². The van der Waals surface area contributed by atoms with Crippen LogP contribution in [0.3, 0.4) is 0 Å². The van der Waals surface area contributed by atoms with Crippen molar-refractivity contribution in [2.24, 2.45) is 0 Å². The number of carbonyl (C=O) groups is 1. The molecule has 0 aromatic heterocycles. The van der Waals surface area contributed by atoms with Gasteiger partial charge in [-0.1, -0.05) is 81.4 Å². The van der Waals surface area contributed by atoms with Crippen LogP contribution in [0.4, 0.5) is 0 Å². The van der Waals surface area contributed by atoms with Crippen molar-refractivity contribution in [2.45, 2.75) is 83.1 Å². The van der Waals surface area contributed by atoms with Crippen LogP contribution in [0.15, 0.2) is 60.7 Å². The van der Waals surface area contributed by atoms with Gasteiger partial charge in [0.05, 0.1) is 6.61 Å². The van der Waals surface area contributed by atoms with Crippen LogP contribution in [0.5, 0.6) is 0 Å². The second kappa shape index (κ2) is 9.76. The van der Waals surface area contributed by atoms with Crippen LogP contribution in [0, 0.1) is 0 Å². The zero-order valence-electron chi connectivity index (χ0n) is 21.3. The van der Waals surface area contributed by atoms with Crippen molar-refractivity contribution in [1.82, 2.24) is 0 Å². The van der Waals surface area contributed by atoms with E-state index in [0.717, 1.165) is 10.4 Å². The van der Waals surface area contributed by atoms with Gasteiger partial charge in [0.15, 0.2) is 18.2 Å². The third-order valence-electron chi connectivity index (χ3n) is 6.65. The van der Waals surface area contributed by atoms with Crippen molar-refractivity contribution in [1.29, 1.82) is 0 Å². The molecule has 0 aliphatic carbocycles. The molecule has 8 heteroatoms. The monoisotopic (exact) mass is 500 g/mol. The van der Waals surface area contributed by atoms with E-state index in [2.05, 4.69) is 45.0 Å². The molecular weight excluding hydrogens is 464 g/mol. The third kappa shape index (κ3) is 5.09. The van der Waals surface area contributed by atoms with Crippen molar-refractivity contribution >= 4 is 24.7 Å². The minimum Gasteiger partial charge on any atom is -0.454 e. The Morgan fingerprint density at radius 2 is 1.54 bits per heavy atom. The molecule has 1 N–H and O–H groups in total. The highest BCUT2D eigenvalue weighted by molar-refractivity contribution is 6.99. The third-order valence-corrected chi connectivity index (χ3v) is 11.7. The Morgan fingerprint density at radius 1 is 1.00 bits per heavy atom. The lowest BCUT2D eigenvalue weighted by atomic mass is 10.1. The van der Waals surface area contributed by atoms with E-state index >= 15 is 0 Å². The van der Waals surface area contributed by atoms with Gasteiger partial charge in [-0.25, -0.2) is 0 Å². The van der Waals surface area contributed by atoms with Crippen LogP contribution in [-0.2, 0) is 28.2 Å². The van der Waals surface area contributed by atoms with Crippen molar-refractivity contribution in [3.8, 4) is 0 Å². The van der Waals surface area contributed by atoms with Crippen LogP contribution in [0.2, 0.25) is 5.04 Å². The Hall–Kier alpha value is -2.07. The predicted molar refractivity (Wildman–Crippen MR) is 134 cm³/mol. The first kappa shape index (κ1) is 26.0. The number of esters is 1. The Balaban J connectivity index is 1.85. The summed E-state index contributed by atoms with van der Waals surface area (Å²) < 4.78 is 30.7. The number of benzene rings is 2. The summed E-state index contributed by atoms with van der Waals surface area (Å²) in [5.41, 5.74) is 0. The summed E-state index contributed by atoms with van der Waals surface area (Å²) in [7, 11) is -3.04. The summed E-state index contributed by atoms with van der Waals surface area (Å²) in [6.07, 6.45) is -4.32. The molecular formula is C27H36O7Si. The molecule has 0 saturated carbocycles. The SMILES string of the molecule is CC(=O)O[C@@H]1C(O)O[C@@H]([C@H]2COC(C)(C)O2)[C@@H]1O[Si](c1ccccc1)(c1ccccc1)C(C)(C)C. The summed E-state index contributed by atoms with van der Waals surface area (Å²) in [6, 6.07) is 20.3. The first-order valence-electron chi connectivity index (χ1n) is 12.1. The normalized spacial score (nSPS) is 28.7. The molecule has 4 rings (SSSR count). The average molecular weight is 501 g/mol. The quantitative estimate of drug-likeness (QED) is 0.482. The summed E-state index contributed by atoms with van der Waals surface area (Å²) in [5, 5.41) is 12.7. The fraction of sp³-hybridized carbons (Fsp3) is 0.519. The van der Waals surface area contributed by atoms with E-state index < -0.39 is 50.8 Å². The van der Waals surface area contributed by atoms with Crippen LogP contribution >= 0.6 is 0 Å². The Kier molecular flexibility index (Phi) is 7.25. The number of carbonyl (C=O) groups excluding carboxylic acids is 1. The maximum absolute atomic E-state index is 12.0. The van der Waals surface area contributed by atoms with Gasteiger partial charge in [0, 0.05) is 6.92 Å². The Bertz CT molecular complexity index is 966. The van der Waals surface area contributed by atoms with Crippen molar-refractivity contribution < 1.29 is 33.3 Å². The van der Waals surface area contributed by atoms with E-state index in [4.69, 9.17) is 23.4 Å². The van der Waals surface area contributed by atoms with E-state index in [1.165, 1.54) is 6.92 Å². The number of rotatable bonds is 6. The summed E-state index contributed by atoms with van der Waals surface area (Å²) >= 11 is 0. The molecule has 2 aromatic carbocycles. The predicted octanol–water partition coefficient (Wildman–Crippen LogP) is 2.73. The van der Waals surface area contributed by atoms with Crippen LogP contribution < -0.4 is 10.4 Å². The van der Waals surface area contributed by atoms with Gasteiger partial charge in [0.2, 0.25) is 0 Å².